The summed E-state index contributed by atoms with van der Waals surface area (Å²) < 4.78 is 10.3. The molecule has 0 aliphatic carbocycles. The Kier molecular flexibility index (Phi) is 6.78. The number of aryl methyl sites for hydroxylation is 1. The number of rotatable bonds is 7. The number of nitrogens with one attached hydrogen (secondary N) is 1. The molecule has 3 aromatic rings. The van der Waals surface area contributed by atoms with Crippen LogP contribution in [0.1, 0.15) is 21.6 Å². The summed E-state index contributed by atoms with van der Waals surface area (Å²) in [5, 5.41) is 14.4. The average molecular weight is 444 g/mol. The van der Waals surface area contributed by atoms with E-state index < -0.39 is 23.4 Å². The molecule has 0 atom stereocenters. The van der Waals surface area contributed by atoms with Crippen molar-refractivity contribution >= 4 is 45.8 Å². The van der Waals surface area contributed by atoms with E-state index in [0.29, 0.717) is 16.8 Å². The number of esters is 1. The molecule has 0 unspecified atom stereocenters. The van der Waals surface area contributed by atoms with Gasteiger partial charge in [0.2, 0.25) is 0 Å². The predicted octanol–water partition coefficient (Wildman–Crippen LogP) is 4.05. The van der Waals surface area contributed by atoms with Crippen molar-refractivity contribution in [3.05, 3.63) is 74.4 Å². The second-order valence-electron chi connectivity index (χ2n) is 6.55. The quantitative estimate of drug-likeness (QED) is 0.332. The smallest absolute Gasteiger partial charge is 0.340 e. The number of amides is 1. The molecule has 0 bridgehead atoms. The van der Waals surface area contributed by atoms with Crippen LogP contribution in [0.5, 0.6) is 0 Å². The highest BCUT2D eigenvalue weighted by Gasteiger charge is 2.22. The van der Waals surface area contributed by atoms with E-state index in [0.717, 1.165) is 11.5 Å². The maximum Gasteiger partial charge on any atom is 0.340 e. The molecule has 0 aliphatic rings. The third kappa shape index (κ3) is 4.96. The molecule has 0 aliphatic heterocycles. The number of benzene rings is 2. The third-order valence-electron chi connectivity index (χ3n) is 4.48. The van der Waals surface area contributed by atoms with Crippen molar-refractivity contribution in [2.75, 3.05) is 19.0 Å². The number of aromatic nitrogens is 1. The Hall–Kier alpha value is -3.56. The molecular formula is C21H18ClN3O6. The van der Waals surface area contributed by atoms with Gasteiger partial charge in [0.1, 0.15) is 5.69 Å². The number of methoxy groups -OCH3 is 1. The normalized spacial score (nSPS) is 10.7. The second-order valence-corrected chi connectivity index (χ2v) is 6.99. The fraction of sp³-hybridized carbons (Fsp3) is 0.190. The van der Waals surface area contributed by atoms with E-state index in [-0.39, 0.29) is 28.6 Å². The lowest BCUT2D eigenvalue weighted by atomic mass is 10.0. The summed E-state index contributed by atoms with van der Waals surface area (Å²) in [6, 6.07) is 11.1. The van der Waals surface area contributed by atoms with Crippen molar-refractivity contribution in [3.8, 4) is 0 Å². The van der Waals surface area contributed by atoms with Crippen LogP contribution in [0.4, 0.5) is 11.4 Å². The van der Waals surface area contributed by atoms with Crippen LogP contribution in [-0.4, -0.2) is 35.5 Å². The van der Waals surface area contributed by atoms with Gasteiger partial charge in [0.05, 0.1) is 28.3 Å². The molecule has 9 nitrogen and oxygen atoms in total. The van der Waals surface area contributed by atoms with Gasteiger partial charge in [-0.05, 0) is 30.7 Å². The molecule has 0 saturated heterocycles. The average Bonchev–Trinajstić information content (AvgIpc) is 2.73. The molecule has 3 rings (SSSR count). The third-order valence-corrected chi connectivity index (χ3v) is 4.71. The maximum atomic E-state index is 12.8. The molecular weight excluding hydrogens is 426 g/mol. The molecule has 1 aromatic heterocycles. The Balaban J connectivity index is 1.79. The van der Waals surface area contributed by atoms with Crippen LogP contribution in [-0.2, 0) is 20.9 Å². The molecule has 0 spiro atoms. The van der Waals surface area contributed by atoms with Gasteiger partial charge < -0.3 is 14.8 Å². The Bertz CT molecular complexity index is 1180. The van der Waals surface area contributed by atoms with Crippen molar-refractivity contribution in [1.29, 1.82) is 0 Å². The number of hydrogen-bond donors (Lipinski definition) is 1. The molecule has 10 heteroatoms. The number of carbonyl (C=O) groups excluding carboxylic acids is 2. The van der Waals surface area contributed by atoms with Crippen LogP contribution < -0.4 is 5.32 Å². The van der Waals surface area contributed by atoms with Gasteiger partial charge in [0.25, 0.3) is 11.6 Å². The number of pyridine rings is 1. The summed E-state index contributed by atoms with van der Waals surface area (Å²) in [6.07, 6.45) is 0. The first-order valence-corrected chi connectivity index (χ1v) is 9.47. The van der Waals surface area contributed by atoms with Crippen LogP contribution in [0.15, 0.2) is 42.5 Å². The number of carbonyl (C=O) groups is 2. The van der Waals surface area contributed by atoms with E-state index in [9.17, 15) is 19.7 Å². The molecule has 31 heavy (non-hydrogen) atoms. The van der Waals surface area contributed by atoms with Crippen molar-refractivity contribution in [3.63, 3.8) is 0 Å². The van der Waals surface area contributed by atoms with Gasteiger partial charge in [0, 0.05) is 23.6 Å². The maximum absolute atomic E-state index is 12.8. The van der Waals surface area contributed by atoms with Crippen LogP contribution in [0.2, 0.25) is 5.02 Å². The molecule has 2 aromatic carbocycles. The Morgan fingerprint density at radius 2 is 1.97 bits per heavy atom. The van der Waals surface area contributed by atoms with Crippen molar-refractivity contribution in [2.45, 2.75) is 13.5 Å². The summed E-state index contributed by atoms with van der Waals surface area (Å²) in [7, 11) is 1.48. The molecule has 1 N–H and O–H groups in total. The monoisotopic (exact) mass is 443 g/mol. The number of nitro benzene ring substituents is 1. The fourth-order valence-corrected chi connectivity index (χ4v) is 3.27. The fourth-order valence-electron chi connectivity index (χ4n) is 3.10. The minimum Gasteiger partial charge on any atom is -0.452 e. The summed E-state index contributed by atoms with van der Waals surface area (Å²) in [6.45, 7) is 1.20. The zero-order chi connectivity index (χ0) is 22.5. The molecule has 0 fully saturated rings. The number of ether oxygens (including phenoxy) is 2. The number of nitro groups is 1. The van der Waals surface area contributed by atoms with Crippen molar-refractivity contribution in [2.24, 2.45) is 0 Å². The minimum atomic E-state index is -0.747. The number of halogens is 1. The van der Waals surface area contributed by atoms with Gasteiger partial charge in [-0.15, -0.1) is 0 Å². The molecule has 0 saturated carbocycles. The molecule has 1 heterocycles. The van der Waals surface area contributed by atoms with Gasteiger partial charge in [0.15, 0.2) is 6.61 Å². The Labute approximate surface area is 182 Å². The first-order valence-electron chi connectivity index (χ1n) is 9.10. The van der Waals surface area contributed by atoms with Gasteiger partial charge in [-0.3, -0.25) is 14.9 Å². The number of para-hydroxylation sites is 1. The Morgan fingerprint density at radius 1 is 1.23 bits per heavy atom. The highest BCUT2D eigenvalue weighted by atomic mass is 35.5. The summed E-state index contributed by atoms with van der Waals surface area (Å²) in [4.78, 5) is 39.9. The predicted molar refractivity (Wildman–Crippen MR) is 114 cm³/mol. The van der Waals surface area contributed by atoms with Crippen LogP contribution in [0.3, 0.4) is 0 Å². The largest absolute Gasteiger partial charge is 0.452 e. The zero-order valence-electron chi connectivity index (χ0n) is 16.7. The standard InChI is InChI=1S/C21H18ClN3O6/c1-12-14-5-3-4-6-15(14)23-17(10-30-2)20(12)21(27)31-11-19(26)24-16-8-7-13(22)9-18(16)25(28)29/h3-9H,10-11H2,1-2H3,(H,24,26). The lowest BCUT2D eigenvalue weighted by Crippen LogP contribution is -2.22. The van der Waals surface area contributed by atoms with Crippen LogP contribution >= 0.6 is 11.6 Å². The van der Waals surface area contributed by atoms with Crippen LogP contribution in [0, 0.1) is 17.0 Å². The Morgan fingerprint density at radius 3 is 2.68 bits per heavy atom. The molecule has 0 radical (unpaired) electrons. The number of fused-ring (bicyclic) bond motifs is 1. The number of nitrogens with zero attached hydrogens (tertiary/aromatic N) is 2. The SMILES string of the molecule is COCc1nc2ccccc2c(C)c1C(=O)OCC(=O)Nc1ccc(Cl)cc1[N+](=O)[O-]. The van der Waals surface area contributed by atoms with E-state index in [4.69, 9.17) is 21.1 Å². The van der Waals surface area contributed by atoms with Crippen molar-refractivity contribution in [1.82, 2.24) is 4.98 Å². The van der Waals surface area contributed by atoms with Gasteiger partial charge in [-0.25, -0.2) is 9.78 Å². The van der Waals surface area contributed by atoms with E-state index in [1.54, 1.807) is 6.92 Å². The van der Waals surface area contributed by atoms with Crippen LogP contribution in [0.25, 0.3) is 10.9 Å². The van der Waals surface area contributed by atoms with E-state index in [1.807, 2.05) is 24.3 Å². The minimum absolute atomic E-state index is 0.0564. The summed E-state index contributed by atoms with van der Waals surface area (Å²) >= 11 is 5.76. The topological polar surface area (TPSA) is 121 Å². The second kappa shape index (κ2) is 9.50. The summed E-state index contributed by atoms with van der Waals surface area (Å²) in [5.74, 6) is -1.48. The lowest BCUT2D eigenvalue weighted by Gasteiger charge is -2.14. The van der Waals surface area contributed by atoms with Crippen molar-refractivity contribution < 1.29 is 24.0 Å². The van der Waals surface area contributed by atoms with Gasteiger partial charge >= 0.3 is 5.97 Å². The van der Waals surface area contributed by atoms with E-state index >= 15 is 0 Å². The highest BCUT2D eigenvalue weighted by Crippen LogP contribution is 2.28. The number of hydrogen-bond acceptors (Lipinski definition) is 7. The highest BCUT2D eigenvalue weighted by molar-refractivity contribution is 6.31. The summed E-state index contributed by atoms with van der Waals surface area (Å²) in [5.41, 5.74) is 1.53. The molecule has 1 amide bonds. The van der Waals surface area contributed by atoms with Gasteiger partial charge in [-0.1, -0.05) is 29.8 Å². The number of anilines is 1. The van der Waals surface area contributed by atoms with E-state index in [1.165, 1.54) is 19.2 Å². The molecule has 160 valence electrons. The first-order chi connectivity index (χ1) is 14.8. The lowest BCUT2D eigenvalue weighted by molar-refractivity contribution is -0.383. The van der Waals surface area contributed by atoms with Gasteiger partial charge in [-0.2, -0.15) is 0 Å². The zero-order valence-corrected chi connectivity index (χ0v) is 17.4. The first kappa shape index (κ1) is 22.1. The van der Waals surface area contributed by atoms with E-state index in [2.05, 4.69) is 10.3 Å².